The Labute approximate surface area is 126 Å². The lowest BCUT2D eigenvalue weighted by atomic mass is 10.2. The molecule has 0 fully saturated rings. The first kappa shape index (κ1) is 13.1. The fraction of sp³-hybridized carbons (Fsp3) is 0.0625. The number of ether oxygens (including phenoxy) is 1. The van der Waals surface area contributed by atoms with Gasteiger partial charge in [0.05, 0.1) is 12.8 Å². The fourth-order valence-corrected chi connectivity index (χ4v) is 3.14. The summed E-state index contributed by atoms with van der Waals surface area (Å²) in [6.07, 6.45) is 4.15. The number of rotatable bonds is 4. The Morgan fingerprint density at radius 1 is 1.05 bits per heavy atom. The minimum atomic E-state index is 0.863. The van der Waals surface area contributed by atoms with Crippen LogP contribution in [0.5, 0.6) is 5.75 Å². The fourth-order valence-electron chi connectivity index (χ4n) is 1.80. The number of thiazole rings is 1. The summed E-state index contributed by atoms with van der Waals surface area (Å²) >= 11 is 3.35. The predicted octanol–water partition coefficient (Wildman–Crippen LogP) is 5.05. The summed E-state index contributed by atoms with van der Waals surface area (Å²) in [5.41, 5.74) is 3.33. The second-order valence-corrected chi connectivity index (χ2v) is 5.86. The average molecular weight is 299 g/mol. The minimum Gasteiger partial charge on any atom is -0.497 e. The molecule has 2 heterocycles. The monoisotopic (exact) mass is 299 g/mol. The van der Waals surface area contributed by atoms with Gasteiger partial charge in [0.1, 0.15) is 10.8 Å². The van der Waals surface area contributed by atoms with Crippen LogP contribution in [0.1, 0.15) is 10.6 Å². The number of aromatic nitrogens is 1. The summed E-state index contributed by atoms with van der Waals surface area (Å²) in [6, 6.07) is 10.1. The normalized spacial score (nSPS) is 11.1. The van der Waals surface area contributed by atoms with Crippen molar-refractivity contribution in [3.8, 4) is 17.0 Å². The molecule has 0 spiro atoms. The van der Waals surface area contributed by atoms with Crippen LogP contribution in [0, 0.1) is 0 Å². The van der Waals surface area contributed by atoms with Crippen LogP contribution in [-0.2, 0) is 0 Å². The molecule has 2 nitrogen and oxygen atoms in total. The van der Waals surface area contributed by atoms with E-state index in [1.54, 1.807) is 29.8 Å². The molecule has 2 aromatic heterocycles. The van der Waals surface area contributed by atoms with Crippen LogP contribution in [0.15, 0.2) is 46.5 Å². The summed E-state index contributed by atoms with van der Waals surface area (Å²) in [5.74, 6) is 0.863. The van der Waals surface area contributed by atoms with Crippen molar-refractivity contribution in [3.63, 3.8) is 0 Å². The van der Waals surface area contributed by atoms with E-state index in [0.717, 1.165) is 22.0 Å². The molecule has 20 heavy (non-hydrogen) atoms. The maximum Gasteiger partial charge on any atom is 0.118 e. The van der Waals surface area contributed by atoms with Gasteiger partial charge in [-0.3, -0.25) is 0 Å². The van der Waals surface area contributed by atoms with Crippen LogP contribution in [0.3, 0.4) is 0 Å². The third-order valence-corrected chi connectivity index (χ3v) is 4.38. The van der Waals surface area contributed by atoms with Gasteiger partial charge in [-0.1, -0.05) is 6.08 Å². The predicted molar refractivity (Wildman–Crippen MR) is 87.3 cm³/mol. The van der Waals surface area contributed by atoms with Crippen LogP contribution in [0.2, 0.25) is 0 Å². The number of methoxy groups -OCH3 is 1. The molecule has 0 amide bonds. The molecule has 0 aliphatic heterocycles. The molecule has 0 bridgehead atoms. The standard InChI is InChI=1S/C16H13NOS2/c1-18-14-5-3-13(4-6-14)15-11-20-16(17-15)7-2-12-8-9-19-10-12/h2-11H,1H3. The van der Waals surface area contributed by atoms with E-state index in [0.29, 0.717) is 0 Å². The third kappa shape index (κ3) is 2.98. The molecule has 100 valence electrons. The Bertz CT molecular complexity index is 696. The minimum absolute atomic E-state index is 0.863. The van der Waals surface area contributed by atoms with Crippen molar-refractivity contribution >= 4 is 34.8 Å². The highest BCUT2D eigenvalue weighted by Gasteiger charge is 2.03. The maximum absolute atomic E-state index is 5.16. The van der Waals surface area contributed by atoms with Crippen LogP contribution >= 0.6 is 22.7 Å². The molecule has 0 radical (unpaired) electrons. The van der Waals surface area contributed by atoms with Crippen LogP contribution < -0.4 is 4.74 Å². The first-order valence-electron chi connectivity index (χ1n) is 6.15. The largest absolute Gasteiger partial charge is 0.497 e. The highest BCUT2D eigenvalue weighted by molar-refractivity contribution is 7.11. The molecular formula is C16H13NOS2. The van der Waals surface area contributed by atoms with Gasteiger partial charge in [0.2, 0.25) is 0 Å². The molecule has 0 aliphatic rings. The summed E-state index contributed by atoms with van der Waals surface area (Å²) in [6.45, 7) is 0. The zero-order valence-electron chi connectivity index (χ0n) is 10.9. The SMILES string of the molecule is COc1ccc(-c2csc(C=Cc3ccsc3)n2)cc1. The molecule has 0 unspecified atom stereocenters. The Balaban J connectivity index is 1.79. The first-order chi connectivity index (χ1) is 9.85. The summed E-state index contributed by atoms with van der Waals surface area (Å²) in [7, 11) is 1.67. The smallest absolute Gasteiger partial charge is 0.118 e. The van der Waals surface area contributed by atoms with Crippen LogP contribution in [0.25, 0.3) is 23.4 Å². The average Bonchev–Trinajstić information content (AvgIpc) is 3.17. The van der Waals surface area contributed by atoms with Gasteiger partial charge in [-0.25, -0.2) is 4.98 Å². The van der Waals surface area contributed by atoms with E-state index in [4.69, 9.17) is 4.74 Å². The first-order valence-corrected chi connectivity index (χ1v) is 7.97. The van der Waals surface area contributed by atoms with Crippen molar-refractivity contribution in [3.05, 3.63) is 57.0 Å². The molecule has 0 aliphatic carbocycles. The number of nitrogens with zero attached hydrogens (tertiary/aromatic N) is 1. The molecular weight excluding hydrogens is 286 g/mol. The lowest BCUT2D eigenvalue weighted by Gasteiger charge is -2.00. The Hall–Kier alpha value is -1.91. The van der Waals surface area contributed by atoms with E-state index >= 15 is 0 Å². The molecule has 0 saturated heterocycles. The van der Waals surface area contributed by atoms with E-state index < -0.39 is 0 Å². The molecule has 0 N–H and O–H groups in total. The quantitative estimate of drug-likeness (QED) is 0.672. The lowest BCUT2D eigenvalue weighted by Crippen LogP contribution is -1.82. The Morgan fingerprint density at radius 2 is 1.90 bits per heavy atom. The third-order valence-electron chi connectivity index (χ3n) is 2.87. The lowest BCUT2D eigenvalue weighted by molar-refractivity contribution is 0.415. The van der Waals surface area contributed by atoms with Crippen molar-refractivity contribution in [1.82, 2.24) is 4.98 Å². The Kier molecular flexibility index (Phi) is 3.95. The van der Waals surface area contributed by atoms with Gasteiger partial charge in [-0.2, -0.15) is 11.3 Å². The highest BCUT2D eigenvalue weighted by atomic mass is 32.1. The van der Waals surface area contributed by atoms with E-state index in [-0.39, 0.29) is 0 Å². The van der Waals surface area contributed by atoms with Crippen LogP contribution in [0.4, 0.5) is 0 Å². The van der Waals surface area contributed by atoms with Crippen molar-refractivity contribution in [2.45, 2.75) is 0 Å². The van der Waals surface area contributed by atoms with Crippen molar-refractivity contribution in [2.75, 3.05) is 7.11 Å². The summed E-state index contributed by atoms with van der Waals surface area (Å²) in [5, 5.41) is 7.29. The second-order valence-electron chi connectivity index (χ2n) is 4.19. The van der Waals surface area contributed by atoms with Crippen molar-refractivity contribution < 1.29 is 4.74 Å². The van der Waals surface area contributed by atoms with E-state index in [9.17, 15) is 0 Å². The molecule has 1 aromatic carbocycles. The van der Waals surface area contributed by atoms with Crippen molar-refractivity contribution in [1.29, 1.82) is 0 Å². The van der Waals surface area contributed by atoms with Gasteiger partial charge in [-0.15, -0.1) is 11.3 Å². The topological polar surface area (TPSA) is 22.1 Å². The van der Waals surface area contributed by atoms with Gasteiger partial charge in [-0.05, 0) is 52.7 Å². The van der Waals surface area contributed by atoms with E-state index in [1.807, 2.05) is 24.3 Å². The zero-order valence-corrected chi connectivity index (χ0v) is 12.6. The number of hydrogen-bond acceptors (Lipinski definition) is 4. The number of thiophene rings is 1. The van der Waals surface area contributed by atoms with Crippen LogP contribution in [-0.4, -0.2) is 12.1 Å². The zero-order chi connectivity index (χ0) is 13.8. The van der Waals surface area contributed by atoms with Gasteiger partial charge >= 0.3 is 0 Å². The highest BCUT2D eigenvalue weighted by Crippen LogP contribution is 2.25. The van der Waals surface area contributed by atoms with E-state index in [1.165, 1.54) is 5.56 Å². The number of benzene rings is 1. The molecule has 3 rings (SSSR count). The van der Waals surface area contributed by atoms with Gasteiger partial charge in [0.15, 0.2) is 0 Å². The molecule has 0 saturated carbocycles. The summed E-state index contributed by atoms with van der Waals surface area (Å²) in [4.78, 5) is 4.63. The maximum atomic E-state index is 5.16. The van der Waals surface area contributed by atoms with Gasteiger partial charge in [0, 0.05) is 10.9 Å². The molecule has 3 aromatic rings. The summed E-state index contributed by atoms with van der Waals surface area (Å²) < 4.78 is 5.16. The second kappa shape index (κ2) is 6.03. The van der Waals surface area contributed by atoms with Gasteiger partial charge < -0.3 is 4.74 Å². The van der Waals surface area contributed by atoms with E-state index in [2.05, 4.69) is 39.3 Å². The van der Waals surface area contributed by atoms with Gasteiger partial charge in [0.25, 0.3) is 0 Å². The molecule has 4 heteroatoms. The van der Waals surface area contributed by atoms with Crippen molar-refractivity contribution in [2.24, 2.45) is 0 Å². The number of hydrogen-bond donors (Lipinski definition) is 0. The molecule has 0 atom stereocenters. The Morgan fingerprint density at radius 3 is 2.60 bits per heavy atom.